The number of hydrogen-bond donors (Lipinski definition) is 1. The first-order valence-electron chi connectivity index (χ1n) is 9.90. The van der Waals surface area contributed by atoms with E-state index in [2.05, 4.69) is 36.4 Å². The van der Waals surface area contributed by atoms with E-state index in [1.54, 1.807) is 19.2 Å². The number of allylic oxidation sites excluding steroid dienone is 2. The van der Waals surface area contributed by atoms with Crippen LogP contribution in [0.5, 0.6) is 5.75 Å². The average Bonchev–Trinajstić information content (AvgIpc) is 3.16. The Morgan fingerprint density at radius 2 is 1.69 bits per heavy atom. The van der Waals surface area contributed by atoms with Crippen LogP contribution in [0.25, 0.3) is 5.57 Å². The minimum absolute atomic E-state index is 0.330. The first-order valence-corrected chi connectivity index (χ1v) is 9.90. The average molecular weight is 384 g/mol. The Bertz CT molecular complexity index is 1060. The third-order valence-corrected chi connectivity index (χ3v) is 5.58. The van der Waals surface area contributed by atoms with Gasteiger partial charge in [-0.15, -0.1) is 0 Å². The molecule has 0 amide bonds. The Morgan fingerprint density at radius 3 is 2.45 bits per heavy atom. The molecule has 1 N–H and O–H groups in total. The van der Waals surface area contributed by atoms with Crippen molar-refractivity contribution >= 4 is 11.5 Å². The second kappa shape index (κ2) is 8.36. The Labute approximate surface area is 171 Å². The predicted molar refractivity (Wildman–Crippen MR) is 116 cm³/mol. The summed E-state index contributed by atoms with van der Waals surface area (Å²) in [5.74, 6) is 0.0430. The van der Waals surface area contributed by atoms with Crippen molar-refractivity contribution < 1.29 is 14.6 Å². The molecule has 3 nitrogen and oxygen atoms in total. The molecule has 3 aromatic carbocycles. The lowest BCUT2D eigenvalue weighted by atomic mass is 9.91. The van der Waals surface area contributed by atoms with Crippen LogP contribution in [0.4, 0.5) is 0 Å². The normalized spacial score (nSPS) is 12.4. The maximum absolute atomic E-state index is 11.0. The number of aryl methyl sites for hydroxylation is 2. The highest BCUT2D eigenvalue weighted by Crippen LogP contribution is 2.35. The number of rotatable bonds is 7. The summed E-state index contributed by atoms with van der Waals surface area (Å²) in [6.07, 6.45) is 5.99. The number of hydrogen-bond acceptors (Lipinski definition) is 2. The lowest BCUT2D eigenvalue weighted by Crippen LogP contribution is -2.01. The molecule has 0 atom stereocenters. The van der Waals surface area contributed by atoms with Gasteiger partial charge in [0.05, 0.1) is 12.7 Å². The lowest BCUT2D eigenvalue weighted by molar-refractivity contribution is 0.0697. The summed E-state index contributed by atoms with van der Waals surface area (Å²) < 4.78 is 5.54. The number of methoxy groups -OCH3 is 1. The molecule has 29 heavy (non-hydrogen) atoms. The van der Waals surface area contributed by atoms with Gasteiger partial charge in [0.25, 0.3) is 0 Å². The molecule has 3 aromatic rings. The minimum atomic E-state index is -0.886. The molecule has 3 heteroatoms. The van der Waals surface area contributed by atoms with Gasteiger partial charge in [0.2, 0.25) is 0 Å². The fraction of sp³-hybridized carbons (Fsp3) is 0.192. The summed E-state index contributed by atoms with van der Waals surface area (Å²) in [5.41, 5.74) is 8.16. The zero-order chi connectivity index (χ0) is 20.2. The number of para-hydroxylation sites is 1. The maximum Gasteiger partial charge on any atom is 0.335 e. The van der Waals surface area contributed by atoms with Gasteiger partial charge in [-0.05, 0) is 70.9 Å². The quantitative estimate of drug-likeness (QED) is 0.596. The molecule has 0 saturated heterocycles. The molecule has 0 unspecified atom stereocenters. The first-order chi connectivity index (χ1) is 14.2. The summed E-state index contributed by atoms with van der Waals surface area (Å²) in [6.45, 7) is 0. The minimum Gasteiger partial charge on any atom is -0.496 e. The van der Waals surface area contributed by atoms with Gasteiger partial charge in [0.15, 0.2) is 0 Å². The van der Waals surface area contributed by atoms with Crippen molar-refractivity contribution in [1.29, 1.82) is 0 Å². The summed E-state index contributed by atoms with van der Waals surface area (Å²) in [5, 5.41) is 9.06. The number of carboxylic acid groups (broad SMARTS) is 1. The van der Waals surface area contributed by atoms with Crippen molar-refractivity contribution in [1.82, 2.24) is 0 Å². The van der Waals surface area contributed by atoms with Crippen LogP contribution in [-0.2, 0) is 25.7 Å². The molecular weight excluding hydrogens is 360 g/mol. The van der Waals surface area contributed by atoms with Crippen molar-refractivity contribution in [2.75, 3.05) is 7.11 Å². The van der Waals surface area contributed by atoms with Gasteiger partial charge in [-0.2, -0.15) is 0 Å². The predicted octanol–water partition coefficient (Wildman–Crippen LogP) is 5.36. The molecule has 0 aliphatic heterocycles. The van der Waals surface area contributed by atoms with Crippen LogP contribution in [0.1, 0.15) is 38.2 Å². The molecule has 0 fully saturated rings. The van der Waals surface area contributed by atoms with Crippen molar-refractivity contribution in [2.45, 2.75) is 25.7 Å². The monoisotopic (exact) mass is 384 g/mol. The summed E-state index contributed by atoms with van der Waals surface area (Å²) in [4.78, 5) is 11.0. The zero-order valence-electron chi connectivity index (χ0n) is 16.5. The van der Waals surface area contributed by atoms with E-state index in [9.17, 15) is 4.79 Å². The number of aromatic carboxylic acids is 1. The molecule has 0 saturated carbocycles. The van der Waals surface area contributed by atoms with Gasteiger partial charge in [0, 0.05) is 6.42 Å². The van der Waals surface area contributed by atoms with E-state index in [1.807, 2.05) is 24.3 Å². The highest BCUT2D eigenvalue weighted by Gasteiger charge is 2.19. The molecule has 1 aliphatic carbocycles. The number of ether oxygens (including phenoxy) is 1. The number of carboxylic acids is 1. The second-order valence-corrected chi connectivity index (χ2v) is 7.38. The topological polar surface area (TPSA) is 46.5 Å². The molecule has 0 heterocycles. The summed E-state index contributed by atoms with van der Waals surface area (Å²) in [6, 6.07) is 22.0. The molecule has 0 spiro atoms. The highest BCUT2D eigenvalue weighted by molar-refractivity contribution is 5.87. The second-order valence-electron chi connectivity index (χ2n) is 7.38. The van der Waals surface area contributed by atoms with Crippen LogP contribution < -0.4 is 4.74 Å². The fourth-order valence-corrected chi connectivity index (χ4v) is 4.09. The van der Waals surface area contributed by atoms with Crippen molar-refractivity contribution in [2.24, 2.45) is 0 Å². The van der Waals surface area contributed by atoms with Gasteiger partial charge in [0.1, 0.15) is 5.75 Å². The van der Waals surface area contributed by atoms with Gasteiger partial charge in [-0.25, -0.2) is 4.79 Å². The Kier molecular flexibility index (Phi) is 5.48. The third kappa shape index (κ3) is 4.09. The number of benzene rings is 3. The molecular formula is C26H24O3. The van der Waals surface area contributed by atoms with E-state index < -0.39 is 5.97 Å². The molecule has 4 rings (SSSR count). The van der Waals surface area contributed by atoms with Crippen molar-refractivity contribution in [3.63, 3.8) is 0 Å². The van der Waals surface area contributed by atoms with Crippen LogP contribution >= 0.6 is 0 Å². The molecule has 0 bridgehead atoms. The van der Waals surface area contributed by atoms with E-state index in [1.165, 1.54) is 27.8 Å². The van der Waals surface area contributed by atoms with Gasteiger partial charge in [-0.1, -0.05) is 54.6 Å². The number of carbonyl (C=O) groups is 1. The van der Waals surface area contributed by atoms with Crippen LogP contribution in [0.3, 0.4) is 0 Å². The van der Waals surface area contributed by atoms with Gasteiger partial charge < -0.3 is 9.84 Å². The van der Waals surface area contributed by atoms with Crippen LogP contribution in [0.2, 0.25) is 0 Å². The molecule has 0 radical (unpaired) electrons. The summed E-state index contributed by atoms with van der Waals surface area (Å²) in [7, 11) is 1.72. The Morgan fingerprint density at radius 1 is 0.931 bits per heavy atom. The Hall–Kier alpha value is -3.33. The fourth-order valence-electron chi connectivity index (χ4n) is 4.09. The smallest absolute Gasteiger partial charge is 0.335 e. The van der Waals surface area contributed by atoms with E-state index >= 15 is 0 Å². The highest BCUT2D eigenvalue weighted by atomic mass is 16.5. The number of fused-ring (bicyclic) bond motifs is 1. The van der Waals surface area contributed by atoms with Crippen LogP contribution in [0, 0.1) is 0 Å². The van der Waals surface area contributed by atoms with E-state index in [-0.39, 0.29) is 0 Å². The SMILES string of the molecule is COc1ccccc1CC1=CCc2cccc(CCc3ccc(C(=O)O)cc3)c21. The van der Waals surface area contributed by atoms with Gasteiger partial charge >= 0.3 is 5.97 Å². The van der Waals surface area contributed by atoms with Crippen LogP contribution in [0.15, 0.2) is 72.8 Å². The van der Waals surface area contributed by atoms with E-state index in [4.69, 9.17) is 9.84 Å². The summed E-state index contributed by atoms with van der Waals surface area (Å²) >= 11 is 0. The standard InChI is InChI=1S/C26H24O3/c1-29-24-8-3-2-5-22(24)17-23-16-15-20-7-4-6-19(25(20)23)12-9-18-10-13-21(14-11-18)26(27)28/h2-8,10-11,13-14,16H,9,12,15,17H2,1H3,(H,27,28). The lowest BCUT2D eigenvalue weighted by Gasteiger charge is -2.14. The third-order valence-electron chi connectivity index (χ3n) is 5.58. The van der Waals surface area contributed by atoms with Crippen LogP contribution in [-0.4, -0.2) is 18.2 Å². The zero-order valence-corrected chi connectivity index (χ0v) is 16.5. The molecule has 0 aromatic heterocycles. The van der Waals surface area contributed by atoms with E-state index in [0.29, 0.717) is 5.56 Å². The van der Waals surface area contributed by atoms with Gasteiger partial charge in [-0.3, -0.25) is 0 Å². The van der Waals surface area contributed by atoms with Crippen molar-refractivity contribution in [3.05, 3.63) is 106 Å². The maximum atomic E-state index is 11.0. The molecule has 1 aliphatic rings. The first kappa shape index (κ1) is 19.0. The Balaban J connectivity index is 1.54. The largest absolute Gasteiger partial charge is 0.496 e. The van der Waals surface area contributed by atoms with E-state index in [0.717, 1.165) is 37.0 Å². The van der Waals surface area contributed by atoms with Crippen molar-refractivity contribution in [3.8, 4) is 5.75 Å². The molecule has 146 valence electrons.